The molecule has 1 aliphatic carbocycles. The van der Waals surface area contributed by atoms with Crippen molar-refractivity contribution in [2.75, 3.05) is 13.1 Å². The maximum absolute atomic E-state index is 12.5. The predicted molar refractivity (Wildman–Crippen MR) is 119 cm³/mol. The first-order chi connectivity index (χ1) is 13.9. The molecule has 0 saturated carbocycles. The van der Waals surface area contributed by atoms with Gasteiger partial charge in [0.1, 0.15) is 4.32 Å². The Labute approximate surface area is 182 Å². The second kappa shape index (κ2) is 14.4. The van der Waals surface area contributed by atoms with Crippen molar-refractivity contribution in [3.8, 4) is 0 Å². The molecule has 3 N–H and O–H groups in total. The standard InChI is InChI=1S/C22H35BrN2O4/c1-2-3-4-5-6-7-8-9-10-11-16-24-21(29)22(23)14-12-18(13-15-22)17-25-19(26)20(27)28/h12-14H,2-11,15-17H2,1H3,(H,24,29)(H,25,26)(H,27,28). The molecule has 0 saturated heterocycles. The molecule has 0 fully saturated rings. The third-order valence-corrected chi connectivity index (χ3v) is 6.01. The van der Waals surface area contributed by atoms with Crippen LogP contribution in [0.25, 0.3) is 0 Å². The van der Waals surface area contributed by atoms with E-state index in [1.165, 1.54) is 51.4 Å². The zero-order chi connectivity index (χ0) is 21.5. The number of carbonyl (C=O) groups is 3. The van der Waals surface area contributed by atoms with Gasteiger partial charge < -0.3 is 15.7 Å². The first-order valence-electron chi connectivity index (χ1n) is 10.8. The highest BCUT2D eigenvalue weighted by atomic mass is 79.9. The summed E-state index contributed by atoms with van der Waals surface area (Å²) in [6.45, 7) is 3.03. The molecule has 0 heterocycles. The monoisotopic (exact) mass is 470 g/mol. The van der Waals surface area contributed by atoms with E-state index in [4.69, 9.17) is 5.11 Å². The quantitative estimate of drug-likeness (QED) is 0.201. The van der Waals surface area contributed by atoms with E-state index in [1.807, 2.05) is 6.08 Å². The lowest BCUT2D eigenvalue weighted by Crippen LogP contribution is -2.42. The summed E-state index contributed by atoms with van der Waals surface area (Å²) < 4.78 is -0.786. The Kier molecular flexibility index (Phi) is 12.6. The lowest BCUT2D eigenvalue weighted by Gasteiger charge is -2.25. The highest BCUT2D eigenvalue weighted by Crippen LogP contribution is 2.30. The Morgan fingerprint density at radius 2 is 1.59 bits per heavy atom. The second-order valence-electron chi connectivity index (χ2n) is 7.60. The van der Waals surface area contributed by atoms with Crippen LogP contribution in [-0.4, -0.2) is 40.3 Å². The number of allylic oxidation sites excluding steroid dienone is 1. The number of alkyl halides is 1. The number of halogens is 1. The van der Waals surface area contributed by atoms with Crippen LogP contribution in [0.2, 0.25) is 0 Å². The second-order valence-corrected chi connectivity index (χ2v) is 9.02. The van der Waals surface area contributed by atoms with E-state index in [2.05, 4.69) is 33.5 Å². The van der Waals surface area contributed by atoms with E-state index in [-0.39, 0.29) is 12.5 Å². The highest BCUT2D eigenvalue weighted by molar-refractivity contribution is 9.10. The van der Waals surface area contributed by atoms with Crippen LogP contribution >= 0.6 is 15.9 Å². The number of carboxylic acids is 1. The van der Waals surface area contributed by atoms with Crippen molar-refractivity contribution in [2.24, 2.45) is 0 Å². The number of hydrogen-bond acceptors (Lipinski definition) is 3. The molecule has 7 heteroatoms. The van der Waals surface area contributed by atoms with Gasteiger partial charge in [0.15, 0.2) is 0 Å². The van der Waals surface area contributed by atoms with E-state index in [9.17, 15) is 14.4 Å². The molecule has 2 amide bonds. The van der Waals surface area contributed by atoms with E-state index < -0.39 is 16.2 Å². The van der Waals surface area contributed by atoms with E-state index >= 15 is 0 Å². The van der Waals surface area contributed by atoms with Gasteiger partial charge >= 0.3 is 11.9 Å². The summed E-state index contributed by atoms with van der Waals surface area (Å²) in [6.07, 6.45) is 18.4. The third-order valence-electron chi connectivity index (χ3n) is 5.06. The topological polar surface area (TPSA) is 95.5 Å². The highest BCUT2D eigenvalue weighted by Gasteiger charge is 2.33. The van der Waals surface area contributed by atoms with Crippen LogP contribution < -0.4 is 10.6 Å². The van der Waals surface area contributed by atoms with Gasteiger partial charge in [-0.1, -0.05) is 98.9 Å². The van der Waals surface area contributed by atoms with Crippen molar-refractivity contribution in [2.45, 2.75) is 81.9 Å². The molecule has 0 aromatic carbocycles. The van der Waals surface area contributed by atoms with Gasteiger partial charge in [0, 0.05) is 13.1 Å². The largest absolute Gasteiger partial charge is 0.474 e. The molecule has 1 unspecified atom stereocenters. The first kappa shape index (κ1) is 25.4. The minimum atomic E-state index is -1.51. The normalized spacial score (nSPS) is 18.2. The average molecular weight is 471 g/mol. The van der Waals surface area contributed by atoms with Gasteiger partial charge in [-0.05, 0) is 18.4 Å². The molecule has 1 aliphatic rings. The Bertz CT molecular complexity index is 604. The lowest BCUT2D eigenvalue weighted by molar-refractivity contribution is -0.150. The van der Waals surface area contributed by atoms with Crippen LogP contribution in [0.3, 0.4) is 0 Å². The molecular formula is C22H35BrN2O4. The number of aliphatic carboxylic acids is 1. The van der Waals surface area contributed by atoms with Crippen molar-refractivity contribution in [3.63, 3.8) is 0 Å². The Balaban J connectivity index is 2.13. The summed E-state index contributed by atoms with van der Waals surface area (Å²) in [5.74, 6) is -2.62. The van der Waals surface area contributed by atoms with Gasteiger partial charge in [-0.15, -0.1) is 0 Å². The molecule has 29 heavy (non-hydrogen) atoms. The van der Waals surface area contributed by atoms with Crippen molar-refractivity contribution < 1.29 is 19.5 Å². The molecule has 164 valence electrons. The molecule has 0 spiro atoms. The first-order valence-corrected chi connectivity index (χ1v) is 11.5. The number of amides is 2. The Morgan fingerprint density at radius 1 is 1.00 bits per heavy atom. The minimum Gasteiger partial charge on any atom is -0.474 e. The van der Waals surface area contributed by atoms with Crippen LogP contribution in [0.1, 0.15) is 77.6 Å². The molecule has 0 aromatic heterocycles. The Morgan fingerprint density at radius 3 is 2.10 bits per heavy atom. The SMILES string of the molecule is CCCCCCCCCCCCNC(=O)C1(Br)C=CC(CNC(=O)C(=O)O)=CC1. The number of hydrogen-bond donors (Lipinski definition) is 3. The number of unbranched alkanes of at least 4 members (excludes halogenated alkanes) is 9. The van der Waals surface area contributed by atoms with Crippen LogP contribution in [0.4, 0.5) is 0 Å². The number of rotatable bonds is 14. The molecule has 1 atom stereocenters. The fraction of sp³-hybridized carbons (Fsp3) is 0.682. The number of carbonyl (C=O) groups excluding carboxylic acids is 2. The summed E-state index contributed by atoms with van der Waals surface area (Å²) in [7, 11) is 0. The minimum absolute atomic E-state index is 0.0745. The van der Waals surface area contributed by atoms with Gasteiger partial charge in [-0.2, -0.15) is 0 Å². The van der Waals surface area contributed by atoms with Crippen LogP contribution in [0, 0.1) is 0 Å². The zero-order valence-corrected chi connectivity index (χ0v) is 19.1. The smallest absolute Gasteiger partial charge is 0.394 e. The van der Waals surface area contributed by atoms with Crippen molar-refractivity contribution in [1.82, 2.24) is 10.6 Å². The predicted octanol–water partition coefficient (Wildman–Crippen LogP) is 4.24. The van der Waals surface area contributed by atoms with E-state index in [0.717, 1.165) is 18.4 Å². The fourth-order valence-corrected chi connectivity index (χ4v) is 3.61. The molecule has 0 bridgehead atoms. The summed E-state index contributed by atoms with van der Waals surface area (Å²) in [5.41, 5.74) is 0.775. The van der Waals surface area contributed by atoms with Gasteiger partial charge in [0.05, 0.1) is 0 Å². The number of nitrogens with one attached hydrogen (secondary N) is 2. The number of carboxylic acid groups (broad SMARTS) is 1. The zero-order valence-electron chi connectivity index (χ0n) is 17.5. The molecule has 6 nitrogen and oxygen atoms in total. The van der Waals surface area contributed by atoms with Crippen LogP contribution in [0.5, 0.6) is 0 Å². The Hall–Kier alpha value is -1.63. The van der Waals surface area contributed by atoms with Gasteiger partial charge in [-0.3, -0.25) is 9.59 Å². The molecule has 1 rings (SSSR count). The molecule has 0 radical (unpaired) electrons. The van der Waals surface area contributed by atoms with E-state index in [1.54, 1.807) is 12.2 Å². The van der Waals surface area contributed by atoms with Gasteiger partial charge in [0.2, 0.25) is 5.91 Å². The van der Waals surface area contributed by atoms with Crippen molar-refractivity contribution >= 4 is 33.7 Å². The third kappa shape index (κ3) is 10.6. The summed E-state index contributed by atoms with van der Waals surface area (Å²) in [4.78, 5) is 34.0. The van der Waals surface area contributed by atoms with Crippen molar-refractivity contribution in [1.29, 1.82) is 0 Å². The van der Waals surface area contributed by atoms with Gasteiger partial charge in [0.25, 0.3) is 0 Å². The molecule has 0 aliphatic heterocycles. The summed E-state index contributed by atoms with van der Waals surface area (Å²) in [6, 6.07) is 0. The summed E-state index contributed by atoms with van der Waals surface area (Å²) in [5, 5.41) is 13.9. The van der Waals surface area contributed by atoms with Crippen LogP contribution in [-0.2, 0) is 14.4 Å². The molecular weight excluding hydrogens is 436 g/mol. The summed E-state index contributed by atoms with van der Waals surface area (Å²) >= 11 is 3.50. The maximum Gasteiger partial charge on any atom is 0.394 e. The van der Waals surface area contributed by atoms with Crippen molar-refractivity contribution in [3.05, 3.63) is 23.8 Å². The van der Waals surface area contributed by atoms with E-state index in [0.29, 0.717) is 13.0 Å². The average Bonchev–Trinajstić information content (AvgIpc) is 2.71. The van der Waals surface area contributed by atoms with Crippen LogP contribution in [0.15, 0.2) is 23.8 Å². The molecule has 0 aromatic rings. The fourth-order valence-electron chi connectivity index (χ4n) is 3.17. The van der Waals surface area contributed by atoms with Gasteiger partial charge in [-0.25, -0.2) is 4.79 Å². The lowest BCUT2D eigenvalue weighted by atomic mass is 9.95. The maximum atomic E-state index is 12.5.